The summed E-state index contributed by atoms with van der Waals surface area (Å²) in [7, 11) is 0. The zero-order valence-electron chi connectivity index (χ0n) is 17.0. The van der Waals surface area contributed by atoms with E-state index < -0.39 is 22.5 Å². The third-order valence-electron chi connectivity index (χ3n) is 4.83. The van der Waals surface area contributed by atoms with Crippen molar-refractivity contribution < 1.29 is 23.6 Å². The van der Waals surface area contributed by atoms with Gasteiger partial charge in [0.1, 0.15) is 13.2 Å². The molecule has 0 bridgehead atoms. The summed E-state index contributed by atoms with van der Waals surface area (Å²) in [5, 5.41) is 16.8. The van der Waals surface area contributed by atoms with Crippen molar-refractivity contribution in [1.82, 2.24) is 5.32 Å². The van der Waals surface area contributed by atoms with Gasteiger partial charge in [-0.25, -0.2) is 0 Å². The molecule has 8 nitrogen and oxygen atoms in total. The molecular formula is C21H24FN3O5. The van der Waals surface area contributed by atoms with Crippen LogP contribution >= 0.6 is 0 Å². The number of nitrogens with one attached hydrogen (secondary N) is 2. The molecule has 2 aromatic carbocycles. The van der Waals surface area contributed by atoms with Crippen molar-refractivity contribution in [3.05, 3.63) is 57.9 Å². The number of nitro groups is 1. The lowest BCUT2D eigenvalue weighted by molar-refractivity contribution is -0.387. The Hall–Kier alpha value is -3.20. The van der Waals surface area contributed by atoms with Crippen LogP contribution in [0.15, 0.2) is 36.4 Å². The third kappa shape index (κ3) is 4.85. The summed E-state index contributed by atoms with van der Waals surface area (Å²) in [5.74, 6) is 0.176. The second kappa shape index (κ2) is 9.08. The van der Waals surface area contributed by atoms with E-state index in [1.165, 1.54) is 6.07 Å². The molecule has 30 heavy (non-hydrogen) atoms. The Balaban J connectivity index is 1.72. The number of amides is 1. The van der Waals surface area contributed by atoms with Crippen molar-refractivity contribution in [2.45, 2.75) is 32.9 Å². The largest absolute Gasteiger partial charge is 0.486 e. The van der Waals surface area contributed by atoms with Crippen LogP contribution in [-0.2, 0) is 4.79 Å². The molecule has 1 heterocycles. The highest BCUT2D eigenvalue weighted by Crippen LogP contribution is 2.34. The van der Waals surface area contributed by atoms with Gasteiger partial charge < -0.3 is 14.8 Å². The SMILES string of the molecule is CC(C)[C@@H](N[C@H](C)C(=O)Nc1ccc(F)c([N+](=O)[O-])c1)c1ccc2c(c1)OCCO2. The summed E-state index contributed by atoms with van der Waals surface area (Å²) in [5.41, 5.74) is 0.415. The van der Waals surface area contributed by atoms with Crippen molar-refractivity contribution >= 4 is 17.3 Å². The van der Waals surface area contributed by atoms with E-state index in [4.69, 9.17) is 9.47 Å². The van der Waals surface area contributed by atoms with Gasteiger partial charge in [0.05, 0.1) is 11.0 Å². The van der Waals surface area contributed by atoms with Crippen LogP contribution in [0, 0.1) is 21.8 Å². The van der Waals surface area contributed by atoms with Crippen LogP contribution < -0.4 is 20.1 Å². The topological polar surface area (TPSA) is 103 Å². The predicted octanol–water partition coefficient (Wildman–Crippen LogP) is 3.82. The lowest BCUT2D eigenvalue weighted by Crippen LogP contribution is -2.41. The standard InChI is InChI=1S/C21H24FN3O5/c1-12(2)20(14-4-7-18-19(10-14)30-9-8-29-18)23-13(3)21(26)24-15-5-6-16(22)17(11-15)25(27)28/h4-7,10-13,20,23H,8-9H2,1-3H3,(H,24,26)/t13-,20-/m1/s1. The highest BCUT2D eigenvalue weighted by molar-refractivity contribution is 5.94. The number of rotatable bonds is 7. The minimum absolute atomic E-state index is 0.149. The quantitative estimate of drug-likeness (QED) is 0.524. The van der Waals surface area contributed by atoms with Crippen LogP contribution in [-0.4, -0.2) is 30.1 Å². The number of nitrogens with zero attached hydrogens (tertiary/aromatic N) is 1. The monoisotopic (exact) mass is 417 g/mol. The van der Waals surface area contributed by atoms with E-state index in [2.05, 4.69) is 10.6 Å². The van der Waals surface area contributed by atoms with E-state index in [-0.39, 0.29) is 23.6 Å². The lowest BCUT2D eigenvalue weighted by Gasteiger charge is -2.28. The molecule has 2 atom stereocenters. The Labute approximate surface area is 173 Å². The number of halogens is 1. The summed E-state index contributed by atoms with van der Waals surface area (Å²) in [6, 6.07) is 8.16. The van der Waals surface area contributed by atoms with E-state index in [1.807, 2.05) is 32.0 Å². The second-order valence-electron chi connectivity index (χ2n) is 7.43. The molecule has 3 rings (SSSR count). The van der Waals surface area contributed by atoms with Gasteiger partial charge in [-0.1, -0.05) is 19.9 Å². The van der Waals surface area contributed by atoms with Crippen LogP contribution in [0.3, 0.4) is 0 Å². The van der Waals surface area contributed by atoms with Gasteiger partial charge in [-0.3, -0.25) is 20.2 Å². The molecule has 1 aliphatic heterocycles. The van der Waals surface area contributed by atoms with Crippen LogP contribution in [0.2, 0.25) is 0 Å². The maximum Gasteiger partial charge on any atom is 0.306 e. The molecule has 2 N–H and O–H groups in total. The van der Waals surface area contributed by atoms with Crippen LogP contribution in [0.4, 0.5) is 15.8 Å². The molecule has 0 fully saturated rings. The maximum atomic E-state index is 13.5. The molecule has 0 radical (unpaired) electrons. The first-order chi connectivity index (χ1) is 14.3. The van der Waals surface area contributed by atoms with Crippen LogP contribution in [0.1, 0.15) is 32.4 Å². The molecule has 1 amide bonds. The number of ether oxygens (including phenoxy) is 2. The minimum Gasteiger partial charge on any atom is -0.486 e. The zero-order chi connectivity index (χ0) is 21.8. The first-order valence-corrected chi connectivity index (χ1v) is 9.66. The number of anilines is 1. The number of benzene rings is 2. The fraction of sp³-hybridized carbons (Fsp3) is 0.381. The molecule has 160 valence electrons. The Morgan fingerprint density at radius 3 is 2.47 bits per heavy atom. The van der Waals surface area contributed by atoms with Crippen molar-refractivity contribution in [2.24, 2.45) is 5.92 Å². The molecule has 0 spiro atoms. The van der Waals surface area contributed by atoms with Gasteiger partial charge in [0.15, 0.2) is 11.5 Å². The summed E-state index contributed by atoms with van der Waals surface area (Å²) in [6.45, 7) is 6.75. The number of hydrogen-bond acceptors (Lipinski definition) is 6. The van der Waals surface area contributed by atoms with E-state index in [0.717, 1.165) is 17.7 Å². The van der Waals surface area contributed by atoms with Crippen molar-refractivity contribution in [3.63, 3.8) is 0 Å². The summed E-state index contributed by atoms with van der Waals surface area (Å²) in [6.07, 6.45) is 0. The van der Waals surface area contributed by atoms with Crippen molar-refractivity contribution in [2.75, 3.05) is 18.5 Å². The van der Waals surface area contributed by atoms with E-state index in [1.54, 1.807) is 6.92 Å². The average Bonchev–Trinajstić information content (AvgIpc) is 2.72. The Morgan fingerprint density at radius 2 is 1.80 bits per heavy atom. The van der Waals surface area contributed by atoms with Gasteiger partial charge in [0.2, 0.25) is 11.7 Å². The van der Waals surface area contributed by atoms with E-state index in [9.17, 15) is 19.3 Å². The molecule has 0 unspecified atom stereocenters. The Bertz CT molecular complexity index is 950. The predicted molar refractivity (Wildman–Crippen MR) is 109 cm³/mol. The fourth-order valence-corrected chi connectivity index (χ4v) is 3.25. The van der Waals surface area contributed by atoms with Gasteiger partial charge in [-0.2, -0.15) is 4.39 Å². The van der Waals surface area contributed by atoms with Gasteiger partial charge in [-0.15, -0.1) is 0 Å². The lowest BCUT2D eigenvalue weighted by atomic mass is 9.94. The highest BCUT2D eigenvalue weighted by Gasteiger charge is 2.24. The minimum atomic E-state index is -0.956. The van der Waals surface area contributed by atoms with Gasteiger partial charge in [-0.05, 0) is 42.7 Å². The number of carbonyl (C=O) groups is 1. The van der Waals surface area contributed by atoms with Crippen LogP contribution in [0.25, 0.3) is 0 Å². The maximum absolute atomic E-state index is 13.5. The van der Waals surface area contributed by atoms with Gasteiger partial charge in [0, 0.05) is 17.8 Å². The second-order valence-corrected chi connectivity index (χ2v) is 7.43. The number of hydrogen-bond donors (Lipinski definition) is 2. The first kappa shape index (κ1) is 21.5. The molecule has 1 aliphatic rings. The average molecular weight is 417 g/mol. The smallest absolute Gasteiger partial charge is 0.306 e. The molecule has 2 aromatic rings. The van der Waals surface area contributed by atoms with Gasteiger partial charge in [0.25, 0.3) is 0 Å². The molecule has 0 aromatic heterocycles. The molecular weight excluding hydrogens is 393 g/mol. The fourth-order valence-electron chi connectivity index (χ4n) is 3.25. The Kier molecular flexibility index (Phi) is 6.51. The molecule has 9 heteroatoms. The molecule has 0 saturated heterocycles. The Morgan fingerprint density at radius 1 is 1.10 bits per heavy atom. The zero-order valence-corrected chi connectivity index (χ0v) is 17.0. The van der Waals surface area contributed by atoms with E-state index >= 15 is 0 Å². The number of fused-ring (bicyclic) bond motifs is 1. The summed E-state index contributed by atoms with van der Waals surface area (Å²) >= 11 is 0. The number of carbonyl (C=O) groups excluding carboxylic acids is 1. The van der Waals surface area contributed by atoms with E-state index in [0.29, 0.717) is 24.7 Å². The van der Waals surface area contributed by atoms with Crippen molar-refractivity contribution in [3.8, 4) is 11.5 Å². The molecule has 0 saturated carbocycles. The normalized spacial score (nSPS) is 14.8. The summed E-state index contributed by atoms with van der Waals surface area (Å²) in [4.78, 5) is 22.7. The first-order valence-electron chi connectivity index (χ1n) is 9.66. The third-order valence-corrected chi connectivity index (χ3v) is 4.83. The van der Waals surface area contributed by atoms with Crippen LogP contribution in [0.5, 0.6) is 11.5 Å². The highest BCUT2D eigenvalue weighted by atomic mass is 19.1. The van der Waals surface area contributed by atoms with Gasteiger partial charge >= 0.3 is 5.69 Å². The summed E-state index contributed by atoms with van der Waals surface area (Å²) < 4.78 is 24.7. The number of nitro benzene ring substituents is 1. The molecule has 0 aliphatic carbocycles. The van der Waals surface area contributed by atoms with Crippen molar-refractivity contribution in [1.29, 1.82) is 0 Å².